The van der Waals surface area contributed by atoms with Crippen LogP contribution in [-0.2, 0) is 10.3 Å². The van der Waals surface area contributed by atoms with Crippen LogP contribution in [0.3, 0.4) is 0 Å². The summed E-state index contributed by atoms with van der Waals surface area (Å²) in [6, 6.07) is 0. The Morgan fingerprint density at radius 1 is 1.43 bits per heavy atom. The highest BCUT2D eigenvalue weighted by Gasteiger charge is 2.40. The molecule has 0 spiro atoms. The predicted octanol–water partition coefficient (Wildman–Crippen LogP) is 4.23. The number of hydrogen-bond donors (Lipinski definition) is 1. The summed E-state index contributed by atoms with van der Waals surface area (Å²) >= 11 is 2.25. The van der Waals surface area contributed by atoms with E-state index in [1.807, 2.05) is 6.92 Å². The minimum Gasteiger partial charge on any atom is -0.383 e. The summed E-state index contributed by atoms with van der Waals surface area (Å²) in [6.45, 7) is 9.29. The summed E-state index contributed by atoms with van der Waals surface area (Å²) in [5.41, 5.74) is 6.83. The molecule has 0 aliphatic heterocycles. The van der Waals surface area contributed by atoms with Crippen molar-refractivity contribution in [3.05, 3.63) is 15.1 Å². The molecule has 1 aromatic heterocycles. The van der Waals surface area contributed by atoms with Gasteiger partial charge in [0.15, 0.2) is 5.82 Å². The third-order valence-electron chi connectivity index (χ3n) is 4.23. The largest absolute Gasteiger partial charge is 0.383 e. The molecule has 0 amide bonds. The first-order valence-electron chi connectivity index (χ1n) is 7.87. The van der Waals surface area contributed by atoms with Crippen molar-refractivity contribution >= 4 is 28.4 Å². The monoisotopic (exact) mass is 403 g/mol. The molecule has 4 nitrogen and oxygen atoms in total. The Kier molecular flexibility index (Phi) is 5.46. The molecule has 118 valence electrons. The number of aromatic nitrogens is 2. The van der Waals surface area contributed by atoms with Crippen molar-refractivity contribution in [2.24, 2.45) is 5.92 Å². The van der Waals surface area contributed by atoms with Gasteiger partial charge in [0.05, 0.1) is 9.26 Å². The molecular weight excluding hydrogens is 377 g/mol. The molecule has 1 aliphatic rings. The van der Waals surface area contributed by atoms with Gasteiger partial charge < -0.3 is 10.5 Å². The molecule has 1 heterocycles. The maximum absolute atomic E-state index is 6.17. The van der Waals surface area contributed by atoms with E-state index in [2.05, 4.69) is 48.3 Å². The van der Waals surface area contributed by atoms with Crippen LogP contribution in [0.2, 0.25) is 0 Å². The van der Waals surface area contributed by atoms with Crippen LogP contribution in [0.1, 0.15) is 70.8 Å². The number of ether oxygens (including phenoxy) is 1. The minimum absolute atomic E-state index is 0.334. The summed E-state index contributed by atoms with van der Waals surface area (Å²) in [5, 5.41) is 0. The van der Waals surface area contributed by atoms with Crippen molar-refractivity contribution in [1.29, 1.82) is 0 Å². The van der Waals surface area contributed by atoms with Crippen LogP contribution in [-0.4, -0.2) is 16.6 Å². The standard InChI is InChI=1S/C16H26IN3O/c1-5-21-16(8-6-7-11(4)9-16)15-19-13(10(2)3)12(17)14(18)20-15/h10-11H,5-9H2,1-4H3,(H2,18,19,20). The normalized spacial score (nSPS) is 26.3. The topological polar surface area (TPSA) is 61.0 Å². The fourth-order valence-electron chi connectivity index (χ4n) is 3.25. The zero-order chi connectivity index (χ0) is 15.6. The van der Waals surface area contributed by atoms with Gasteiger partial charge in [0, 0.05) is 6.61 Å². The lowest BCUT2D eigenvalue weighted by Crippen LogP contribution is -2.37. The summed E-state index contributed by atoms with van der Waals surface area (Å²) < 4.78 is 7.15. The molecule has 1 fully saturated rings. The molecule has 1 saturated carbocycles. The molecule has 2 atom stereocenters. The maximum Gasteiger partial charge on any atom is 0.162 e. The number of nitrogens with two attached hydrogens (primary N) is 1. The Balaban J connectivity index is 2.50. The lowest BCUT2D eigenvalue weighted by Gasteiger charge is -2.38. The molecule has 2 rings (SSSR count). The van der Waals surface area contributed by atoms with Crippen LogP contribution in [0.5, 0.6) is 0 Å². The minimum atomic E-state index is -0.353. The summed E-state index contributed by atoms with van der Waals surface area (Å²) in [6.07, 6.45) is 4.39. The van der Waals surface area contributed by atoms with E-state index in [1.54, 1.807) is 0 Å². The zero-order valence-corrected chi connectivity index (χ0v) is 15.6. The van der Waals surface area contributed by atoms with Gasteiger partial charge in [-0.3, -0.25) is 0 Å². The molecule has 5 heteroatoms. The van der Waals surface area contributed by atoms with E-state index in [1.165, 1.54) is 6.42 Å². The van der Waals surface area contributed by atoms with E-state index >= 15 is 0 Å². The smallest absolute Gasteiger partial charge is 0.162 e. The average Bonchev–Trinajstić information content (AvgIpc) is 2.41. The molecule has 1 aromatic rings. The van der Waals surface area contributed by atoms with E-state index in [0.29, 0.717) is 24.3 Å². The maximum atomic E-state index is 6.17. The number of rotatable bonds is 4. The number of halogens is 1. The van der Waals surface area contributed by atoms with Gasteiger partial charge in [-0.15, -0.1) is 0 Å². The number of anilines is 1. The first-order valence-corrected chi connectivity index (χ1v) is 8.95. The van der Waals surface area contributed by atoms with E-state index < -0.39 is 0 Å². The van der Waals surface area contributed by atoms with E-state index in [0.717, 1.165) is 34.4 Å². The van der Waals surface area contributed by atoms with Crippen molar-refractivity contribution in [3.8, 4) is 0 Å². The van der Waals surface area contributed by atoms with Crippen LogP contribution in [0.25, 0.3) is 0 Å². The quantitative estimate of drug-likeness (QED) is 0.765. The third-order valence-corrected chi connectivity index (χ3v) is 5.34. The van der Waals surface area contributed by atoms with Gasteiger partial charge in [-0.05, 0) is 60.6 Å². The molecule has 0 radical (unpaired) electrons. The summed E-state index contributed by atoms with van der Waals surface area (Å²) in [7, 11) is 0. The van der Waals surface area contributed by atoms with Crippen LogP contribution in [0, 0.1) is 9.49 Å². The lowest BCUT2D eigenvalue weighted by atomic mass is 9.78. The second-order valence-electron chi connectivity index (χ2n) is 6.42. The Morgan fingerprint density at radius 3 is 2.71 bits per heavy atom. The molecule has 0 saturated heterocycles. The third kappa shape index (κ3) is 3.50. The van der Waals surface area contributed by atoms with Crippen molar-refractivity contribution in [2.75, 3.05) is 12.3 Å². The Labute approximate surface area is 141 Å². The fraction of sp³-hybridized carbons (Fsp3) is 0.750. The predicted molar refractivity (Wildman–Crippen MR) is 94.2 cm³/mol. The highest BCUT2D eigenvalue weighted by molar-refractivity contribution is 14.1. The molecule has 0 bridgehead atoms. The average molecular weight is 403 g/mol. The molecule has 1 aliphatic carbocycles. The SMILES string of the molecule is CCOC1(c2nc(N)c(I)c(C(C)C)n2)CCCC(C)C1. The lowest BCUT2D eigenvalue weighted by molar-refractivity contribution is -0.0881. The van der Waals surface area contributed by atoms with Gasteiger partial charge in [0.2, 0.25) is 0 Å². The van der Waals surface area contributed by atoms with E-state index in [9.17, 15) is 0 Å². The van der Waals surface area contributed by atoms with Crippen molar-refractivity contribution in [1.82, 2.24) is 9.97 Å². The number of hydrogen-bond acceptors (Lipinski definition) is 4. The second kappa shape index (κ2) is 6.77. The fourth-order valence-corrected chi connectivity index (χ4v) is 4.11. The summed E-state index contributed by atoms with van der Waals surface area (Å²) in [4.78, 5) is 9.46. The van der Waals surface area contributed by atoms with Gasteiger partial charge >= 0.3 is 0 Å². The first-order chi connectivity index (χ1) is 9.89. The van der Waals surface area contributed by atoms with Crippen molar-refractivity contribution < 1.29 is 4.74 Å². The summed E-state index contributed by atoms with van der Waals surface area (Å²) in [5.74, 6) is 2.34. The highest BCUT2D eigenvalue weighted by atomic mass is 127. The first kappa shape index (κ1) is 16.9. The number of nitrogens with zero attached hydrogens (tertiary/aromatic N) is 2. The molecular formula is C16H26IN3O. The van der Waals surface area contributed by atoms with Crippen molar-refractivity contribution in [2.45, 2.75) is 64.9 Å². The molecule has 2 N–H and O–H groups in total. The van der Waals surface area contributed by atoms with Gasteiger partial charge in [0.1, 0.15) is 11.4 Å². The van der Waals surface area contributed by atoms with Crippen LogP contribution in [0.15, 0.2) is 0 Å². The van der Waals surface area contributed by atoms with E-state index in [-0.39, 0.29) is 5.60 Å². The van der Waals surface area contributed by atoms with E-state index in [4.69, 9.17) is 15.5 Å². The molecule has 2 unspecified atom stereocenters. The Bertz CT molecular complexity index is 503. The van der Waals surface area contributed by atoms with Gasteiger partial charge in [-0.1, -0.05) is 27.2 Å². The second-order valence-corrected chi connectivity index (χ2v) is 7.49. The Hall–Kier alpha value is -0.430. The van der Waals surface area contributed by atoms with Gasteiger partial charge in [-0.25, -0.2) is 9.97 Å². The van der Waals surface area contributed by atoms with Crippen molar-refractivity contribution in [3.63, 3.8) is 0 Å². The number of nitrogen functional groups attached to an aromatic ring is 1. The van der Waals surface area contributed by atoms with Gasteiger partial charge in [-0.2, -0.15) is 0 Å². The highest BCUT2D eigenvalue weighted by Crippen LogP contribution is 2.42. The van der Waals surface area contributed by atoms with Crippen LogP contribution >= 0.6 is 22.6 Å². The van der Waals surface area contributed by atoms with Crippen LogP contribution < -0.4 is 5.73 Å². The Morgan fingerprint density at radius 2 is 2.14 bits per heavy atom. The zero-order valence-electron chi connectivity index (χ0n) is 13.4. The molecule has 0 aromatic carbocycles. The van der Waals surface area contributed by atoms with Gasteiger partial charge in [0.25, 0.3) is 0 Å². The van der Waals surface area contributed by atoms with Crippen LogP contribution in [0.4, 0.5) is 5.82 Å². The molecule has 21 heavy (non-hydrogen) atoms.